The van der Waals surface area contributed by atoms with E-state index < -0.39 is 0 Å². The summed E-state index contributed by atoms with van der Waals surface area (Å²) >= 11 is 0. The van der Waals surface area contributed by atoms with Gasteiger partial charge in [-0.15, -0.1) is 0 Å². The van der Waals surface area contributed by atoms with Gasteiger partial charge in [-0.1, -0.05) is 19.3 Å². The first-order chi connectivity index (χ1) is 9.88. The summed E-state index contributed by atoms with van der Waals surface area (Å²) in [5, 5.41) is 0. The third-order valence-corrected chi connectivity index (χ3v) is 4.89. The Kier molecular flexibility index (Phi) is 4.51. The second kappa shape index (κ2) is 6.53. The van der Waals surface area contributed by atoms with Crippen LogP contribution in [0, 0.1) is 0 Å². The molecule has 1 saturated heterocycles. The van der Waals surface area contributed by atoms with E-state index in [1.165, 1.54) is 56.9 Å². The lowest BCUT2D eigenvalue weighted by atomic mass is 9.85. The van der Waals surface area contributed by atoms with Crippen LogP contribution < -0.4 is 10.6 Å². The van der Waals surface area contributed by atoms with E-state index in [0.29, 0.717) is 18.5 Å². The Morgan fingerprint density at radius 1 is 1.00 bits per heavy atom. The average Bonchev–Trinajstić information content (AvgIpc) is 2.56. The molecule has 2 aliphatic rings. The van der Waals surface area contributed by atoms with Crippen LogP contribution >= 0.6 is 0 Å². The molecule has 3 rings (SSSR count). The molecule has 1 atom stereocenters. The number of anilines is 1. The summed E-state index contributed by atoms with van der Waals surface area (Å²) in [5.74, 6) is 1.56. The van der Waals surface area contributed by atoms with E-state index in [9.17, 15) is 0 Å². The van der Waals surface area contributed by atoms with Crippen molar-refractivity contribution in [2.24, 2.45) is 5.73 Å². The lowest BCUT2D eigenvalue weighted by Crippen LogP contribution is -2.45. The molecular weight excluding hydrogens is 248 g/mol. The molecule has 0 spiro atoms. The molecule has 1 saturated carbocycles. The van der Waals surface area contributed by atoms with E-state index in [4.69, 9.17) is 5.73 Å². The third kappa shape index (κ3) is 2.95. The highest BCUT2D eigenvalue weighted by molar-refractivity contribution is 5.33. The van der Waals surface area contributed by atoms with Crippen molar-refractivity contribution in [3.05, 3.63) is 18.0 Å². The van der Waals surface area contributed by atoms with Gasteiger partial charge in [0.2, 0.25) is 5.95 Å². The first kappa shape index (κ1) is 13.8. The summed E-state index contributed by atoms with van der Waals surface area (Å²) < 4.78 is 0. The SMILES string of the molecule is NCC1CCCCN1c1ncc(C2CCCCC2)cn1. The van der Waals surface area contributed by atoms with Gasteiger partial charge >= 0.3 is 0 Å². The van der Waals surface area contributed by atoms with Gasteiger partial charge in [0, 0.05) is 31.5 Å². The molecule has 1 unspecified atom stereocenters. The molecule has 0 aromatic carbocycles. The minimum Gasteiger partial charge on any atom is -0.337 e. The number of hydrogen-bond donors (Lipinski definition) is 1. The fourth-order valence-electron chi connectivity index (χ4n) is 3.64. The highest BCUT2D eigenvalue weighted by Gasteiger charge is 2.23. The van der Waals surface area contributed by atoms with Crippen molar-refractivity contribution >= 4 is 5.95 Å². The number of aromatic nitrogens is 2. The van der Waals surface area contributed by atoms with Crippen LogP contribution in [-0.2, 0) is 0 Å². The molecule has 1 aromatic heterocycles. The Balaban J connectivity index is 1.71. The van der Waals surface area contributed by atoms with E-state index in [2.05, 4.69) is 27.3 Å². The smallest absolute Gasteiger partial charge is 0.225 e. The van der Waals surface area contributed by atoms with E-state index >= 15 is 0 Å². The predicted octanol–water partition coefficient (Wildman–Crippen LogP) is 2.84. The Bertz CT molecular complexity index is 411. The van der Waals surface area contributed by atoms with Gasteiger partial charge in [-0.2, -0.15) is 0 Å². The summed E-state index contributed by atoms with van der Waals surface area (Å²) in [6.45, 7) is 1.75. The molecule has 4 nitrogen and oxygen atoms in total. The average molecular weight is 274 g/mol. The fraction of sp³-hybridized carbons (Fsp3) is 0.750. The van der Waals surface area contributed by atoms with E-state index in [-0.39, 0.29) is 0 Å². The number of hydrogen-bond acceptors (Lipinski definition) is 4. The van der Waals surface area contributed by atoms with Gasteiger partial charge in [0.25, 0.3) is 0 Å². The molecule has 0 radical (unpaired) electrons. The van der Waals surface area contributed by atoms with E-state index in [1.807, 2.05) is 0 Å². The van der Waals surface area contributed by atoms with Crippen LogP contribution in [0.5, 0.6) is 0 Å². The van der Waals surface area contributed by atoms with Crippen LogP contribution in [0.2, 0.25) is 0 Å². The quantitative estimate of drug-likeness (QED) is 0.921. The Morgan fingerprint density at radius 2 is 1.70 bits per heavy atom. The molecular formula is C16H26N4. The van der Waals surface area contributed by atoms with Gasteiger partial charge in [0.05, 0.1) is 0 Å². The van der Waals surface area contributed by atoms with Crippen molar-refractivity contribution < 1.29 is 0 Å². The molecule has 110 valence electrons. The standard InChI is InChI=1S/C16H26N4/c17-10-15-8-4-5-9-20(15)16-18-11-14(12-19-16)13-6-2-1-3-7-13/h11-13,15H,1-10,17H2. The fourth-order valence-corrected chi connectivity index (χ4v) is 3.64. The largest absolute Gasteiger partial charge is 0.337 e. The van der Waals surface area contributed by atoms with Gasteiger partial charge in [-0.25, -0.2) is 9.97 Å². The van der Waals surface area contributed by atoms with Gasteiger partial charge in [-0.05, 0) is 43.6 Å². The summed E-state index contributed by atoms with van der Waals surface area (Å²) in [7, 11) is 0. The molecule has 2 heterocycles. The maximum Gasteiger partial charge on any atom is 0.225 e. The highest BCUT2D eigenvalue weighted by Crippen LogP contribution is 2.32. The molecule has 2 N–H and O–H groups in total. The maximum atomic E-state index is 5.88. The van der Waals surface area contributed by atoms with E-state index in [1.54, 1.807) is 0 Å². The van der Waals surface area contributed by atoms with Gasteiger partial charge < -0.3 is 10.6 Å². The predicted molar refractivity (Wildman–Crippen MR) is 81.9 cm³/mol. The summed E-state index contributed by atoms with van der Waals surface area (Å²) in [6.07, 6.45) is 14.5. The van der Waals surface area contributed by atoms with Crippen molar-refractivity contribution in [2.75, 3.05) is 18.0 Å². The van der Waals surface area contributed by atoms with Crippen molar-refractivity contribution in [3.63, 3.8) is 0 Å². The molecule has 1 aliphatic carbocycles. The number of piperidine rings is 1. The van der Waals surface area contributed by atoms with Crippen molar-refractivity contribution in [1.29, 1.82) is 0 Å². The highest BCUT2D eigenvalue weighted by atomic mass is 15.3. The molecule has 0 bridgehead atoms. The van der Waals surface area contributed by atoms with E-state index in [0.717, 1.165) is 12.5 Å². The molecule has 1 aromatic rings. The monoisotopic (exact) mass is 274 g/mol. The van der Waals surface area contributed by atoms with Gasteiger partial charge in [0.15, 0.2) is 0 Å². The van der Waals surface area contributed by atoms with Crippen LogP contribution in [0.1, 0.15) is 62.8 Å². The second-order valence-electron chi connectivity index (χ2n) is 6.23. The van der Waals surface area contributed by atoms with Crippen molar-refractivity contribution in [3.8, 4) is 0 Å². The Hall–Kier alpha value is -1.16. The zero-order chi connectivity index (χ0) is 13.8. The Labute approximate surface area is 121 Å². The topological polar surface area (TPSA) is 55.0 Å². The normalized spacial score (nSPS) is 24.9. The number of nitrogens with zero attached hydrogens (tertiary/aromatic N) is 3. The van der Waals surface area contributed by atoms with Crippen LogP contribution in [0.25, 0.3) is 0 Å². The zero-order valence-corrected chi connectivity index (χ0v) is 12.3. The van der Waals surface area contributed by atoms with Crippen molar-refractivity contribution in [1.82, 2.24) is 9.97 Å². The number of nitrogens with two attached hydrogens (primary N) is 1. The van der Waals surface area contributed by atoms with Gasteiger partial charge in [-0.3, -0.25) is 0 Å². The third-order valence-electron chi connectivity index (χ3n) is 4.89. The first-order valence-electron chi connectivity index (χ1n) is 8.17. The second-order valence-corrected chi connectivity index (χ2v) is 6.23. The summed E-state index contributed by atoms with van der Waals surface area (Å²) in [5.41, 5.74) is 7.21. The minimum absolute atomic E-state index is 0.421. The van der Waals surface area contributed by atoms with Crippen LogP contribution in [0.15, 0.2) is 12.4 Å². The minimum atomic E-state index is 0.421. The lowest BCUT2D eigenvalue weighted by molar-refractivity contribution is 0.440. The molecule has 1 aliphatic heterocycles. The molecule has 4 heteroatoms. The van der Waals surface area contributed by atoms with Crippen molar-refractivity contribution in [2.45, 2.75) is 63.3 Å². The maximum absolute atomic E-state index is 5.88. The molecule has 0 amide bonds. The first-order valence-corrected chi connectivity index (χ1v) is 8.17. The summed E-state index contributed by atoms with van der Waals surface area (Å²) in [6, 6.07) is 0.421. The number of rotatable bonds is 3. The summed E-state index contributed by atoms with van der Waals surface area (Å²) in [4.78, 5) is 11.6. The molecule has 20 heavy (non-hydrogen) atoms. The lowest BCUT2D eigenvalue weighted by Gasteiger charge is -2.35. The van der Waals surface area contributed by atoms with Crippen LogP contribution in [0.4, 0.5) is 5.95 Å². The van der Waals surface area contributed by atoms with Gasteiger partial charge in [0.1, 0.15) is 0 Å². The van der Waals surface area contributed by atoms with Crippen LogP contribution in [-0.4, -0.2) is 29.1 Å². The van der Waals surface area contributed by atoms with Crippen LogP contribution in [0.3, 0.4) is 0 Å². The molecule has 2 fully saturated rings. The zero-order valence-electron chi connectivity index (χ0n) is 12.3. The Morgan fingerprint density at radius 3 is 2.40 bits per heavy atom.